The van der Waals surface area contributed by atoms with Crippen LogP contribution in [0.3, 0.4) is 0 Å². The number of amides is 1. The van der Waals surface area contributed by atoms with Crippen LogP contribution >= 0.6 is 0 Å². The van der Waals surface area contributed by atoms with E-state index in [-0.39, 0.29) is 12.0 Å². The highest BCUT2D eigenvalue weighted by molar-refractivity contribution is 5.81. The predicted molar refractivity (Wildman–Crippen MR) is 77.6 cm³/mol. The van der Waals surface area contributed by atoms with E-state index in [1.54, 1.807) is 14.2 Å². The van der Waals surface area contributed by atoms with Crippen molar-refractivity contribution in [2.45, 2.75) is 31.9 Å². The summed E-state index contributed by atoms with van der Waals surface area (Å²) in [6, 6.07) is 3.99. The summed E-state index contributed by atoms with van der Waals surface area (Å²) in [6.07, 6.45) is 2.42. The summed E-state index contributed by atoms with van der Waals surface area (Å²) < 4.78 is 16.2. The first-order chi connectivity index (χ1) is 10.2. The first-order valence-corrected chi connectivity index (χ1v) is 7.37. The first kappa shape index (κ1) is 14.2. The summed E-state index contributed by atoms with van der Waals surface area (Å²) >= 11 is 0. The molecule has 114 valence electrons. The van der Waals surface area contributed by atoms with Gasteiger partial charge in [0.25, 0.3) is 5.91 Å². The Hall–Kier alpha value is -1.75. The molecule has 0 N–H and O–H groups in total. The van der Waals surface area contributed by atoms with E-state index in [0.29, 0.717) is 18.9 Å². The van der Waals surface area contributed by atoms with Crippen LogP contribution in [0.5, 0.6) is 11.5 Å². The van der Waals surface area contributed by atoms with Crippen molar-refractivity contribution in [3.8, 4) is 11.5 Å². The van der Waals surface area contributed by atoms with E-state index in [1.807, 2.05) is 17.0 Å². The number of methoxy groups -OCH3 is 2. The van der Waals surface area contributed by atoms with E-state index in [2.05, 4.69) is 0 Å². The molecule has 1 atom stereocenters. The van der Waals surface area contributed by atoms with E-state index in [1.165, 1.54) is 5.56 Å². The lowest BCUT2D eigenvalue weighted by atomic mass is 9.98. The zero-order valence-corrected chi connectivity index (χ0v) is 12.6. The zero-order chi connectivity index (χ0) is 14.8. The Morgan fingerprint density at radius 2 is 1.95 bits per heavy atom. The molecular formula is C16H21NO4. The number of hydrogen-bond donors (Lipinski definition) is 0. The Bertz CT molecular complexity index is 537. The second-order valence-electron chi connectivity index (χ2n) is 5.49. The SMILES string of the molecule is COc1cc2c(cc1OC)CN(C(=O)C1CCCO1)CC2. The van der Waals surface area contributed by atoms with Crippen molar-refractivity contribution >= 4 is 5.91 Å². The molecule has 21 heavy (non-hydrogen) atoms. The van der Waals surface area contributed by atoms with Gasteiger partial charge < -0.3 is 19.1 Å². The van der Waals surface area contributed by atoms with Crippen LogP contribution in [0.1, 0.15) is 24.0 Å². The molecular weight excluding hydrogens is 270 g/mol. The van der Waals surface area contributed by atoms with Gasteiger partial charge in [-0.3, -0.25) is 4.79 Å². The summed E-state index contributed by atoms with van der Waals surface area (Å²) in [4.78, 5) is 14.3. The summed E-state index contributed by atoms with van der Waals surface area (Å²) in [5.74, 6) is 1.57. The van der Waals surface area contributed by atoms with Crippen molar-refractivity contribution in [1.29, 1.82) is 0 Å². The molecule has 3 rings (SSSR count). The third-order valence-corrected chi connectivity index (χ3v) is 4.23. The topological polar surface area (TPSA) is 48.0 Å². The molecule has 2 heterocycles. The summed E-state index contributed by atoms with van der Waals surface area (Å²) in [7, 11) is 3.27. The van der Waals surface area contributed by atoms with Crippen molar-refractivity contribution in [3.05, 3.63) is 23.3 Å². The van der Waals surface area contributed by atoms with Gasteiger partial charge in [0.15, 0.2) is 11.5 Å². The third-order valence-electron chi connectivity index (χ3n) is 4.23. The van der Waals surface area contributed by atoms with Gasteiger partial charge in [-0.05, 0) is 42.5 Å². The number of benzene rings is 1. The fraction of sp³-hybridized carbons (Fsp3) is 0.562. The quantitative estimate of drug-likeness (QED) is 0.851. The molecule has 1 fully saturated rings. The van der Waals surface area contributed by atoms with Gasteiger partial charge in [0, 0.05) is 19.7 Å². The Balaban J connectivity index is 1.79. The van der Waals surface area contributed by atoms with Crippen molar-refractivity contribution in [3.63, 3.8) is 0 Å². The molecule has 1 aromatic carbocycles. The van der Waals surface area contributed by atoms with E-state index in [4.69, 9.17) is 14.2 Å². The van der Waals surface area contributed by atoms with Crippen LogP contribution < -0.4 is 9.47 Å². The van der Waals surface area contributed by atoms with Crippen LogP contribution in [0.4, 0.5) is 0 Å². The van der Waals surface area contributed by atoms with Gasteiger partial charge in [-0.2, -0.15) is 0 Å². The molecule has 1 unspecified atom stereocenters. The molecule has 2 aliphatic heterocycles. The molecule has 1 aromatic rings. The van der Waals surface area contributed by atoms with E-state index in [0.717, 1.165) is 37.1 Å². The van der Waals surface area contributed by atoms with E-state index >= 15 is 0 Å². The summed E-state index contributed by atoms with van der Waals surface area (Å²) in [5.41, 5.74) is 2.36. The molecule has 0 saturated carbocycles. The molecule has 0 spiro atoms. The highest BCUT2D eigenvalue weighted by Crippen LogP contribution is 2.33. The number of carbonyl (C=O) groups is 1. The number of ether oxygens (including phenoxy) is 3. The second kappa shape index (κ2) is 5.93. The van der Waals surface area contributed by atoms with Crippen LogP contribution in [0.25, 0.3) is 0 Å². The molecule has 0 aliphatic carbocycles. The minimum Gasteiger partial charge on any atom is -0.493 e. The fourth-order valence-corrected chi connectivity index (χ4v) is 3.05. The first-order valence-electron chi connectivity index (χ1n) is 7.37. The largest absolute Gasteiger partial charge is 0.493 e. The lowest BCUT2D eigenvalue weighted by Crippen LogP contribution is -2.41. The summed E-state index contributed by atoms with van der Waals surface area (Å²) in [5, 5.41) is 0. The number of fused-ring (bicyclic) bond motifs is 1. The van der Waals surface area contributed by atoms with Gasteiger partial charge in [0.05, 0.1) is 14.2 Å². The van der Waals surface area contributed by atoms with E-state index < -0.39 is 0 Å². The van der Waals surface area contributed by atoms with Crippen molar-refractivity contribution in [2.75, 3.05) is 27.4 Å². The van der Waals surface area contributed by atoms with Gasteiger partial charge in [-0.15, -0.1) is 0 Å². The minimum absolute atomic E-state index is 0.118. The highest BCUT2D eigenvalue weighted by Gasteiger charge is 2.30. The zero-order valence-electron chi connectivity index (χ0n) is 12.6. The molecule has 0 bridgehead atoms. The average molecular weight is 291 g/mol. The van der Waals surface area contributed by atoms with Gasteiger partial charge in [-0.25, -0.2) is 0 Å². The molecule has 5 nitrogen and oxygen atoms in total. The normalized spacial score (nSPS) is 21.0. The molecule has 2 aliphatic rings. The molecule has 1 amide bonds. The Morgan fingerprint density at radius 3 is 2.57 bits per heavy atom. The van der Waals surface area contributed by atoms with Crippen molar-refractivity contribution < 1.29 is 19.0 Å². The standard InChI is InChI=1S/C16H21NO4/c1-19-14-8-11-5-6-17(10-12(11)9-15(14)20-2)16(18)13-4-3-7-21-13/h8-9,13H,3-7,10H2,1-2H3. The van der Waals surface area contributed by atoms with Gasteiger partial charge >= 0.3 is 0 Å². The van der Waals surface area contributed by atoms with Gasteiger partial charge in [0.1, 0.15) is 6.10 Å². The van der Waals surface area contributed by atoms with Crippen molar-refractivity contribution in [1.82, 2.24) is 4.90 Å². The third kappa shape index (κ3) is 2.70. The van der Waals surface area contributed by atoms with Gasteiger partial charge in [-0.1, -0.05) is 0 Å². The molecule has 5 heteroatoms. The maximum atomic E-state index is 12.4. The van der Waals surface area contributed by atoms with Crippen LogP contribution in [0, 0.1) is 0 Å². The van der Waals surface area contributed by atoms with Crippen LogP contribution in [-0.2, 0) is 22.5 Å². The number of rotatable bonds is 3. The monoisotopic (exact) mass is 291 g/mol. The minimum atomic E-state index is -0.244. The fourth-order valence-electron chi connectivity index (χ4n) is 3.05. The Morgan fingerprint density at radius 1 is 1.24 bits per heavy atom. The van der Waals surface area contributed by atoms with Gasteiger partial charge in [0.2, 0.25) is 0 Å². The van der Waals surface area contributed by atoms with Crippen molar-refractivity contribution in [2.24, 2.45) is 0 Å². The lowest BCUT2D eigenvalue weighted by Gasteiger charge is -2.31. The maximum Gasteiger partial charge on any atom is 0.252 e. The smallest absolute Gasteiger partial charge is 0.252 e. The van der Waals surface area contributed by atoms with Crippen LogP contribution in [0.2, 0.25) is 0 Å². The lowest BCUT2D eigenvalue weighted by molar-refractivity contribution is -0.141. The van der Waals surface area contributed by atoms with E-state index in [9.17, 15) is 4.79 Å². The number of hydrogen-bond acceptors (Lipinski definition) is 4. The average Bonchev–Trinajstić information content (AvgIpc) is 3.06. The summed E-state index contributed by atoms with van der Waals surface area (Å²) in [6.45, 7) is 2.06. The molecule has 0 radical (unpaired) electrons. The predicted octanol–water partition coefficient (Wildman–Crippen LogP) is 1.77. The molecule has 1 saturated heterocycles. The second-order valence-corrected chi connectivity index (χ2v) is 5.49. The number of carbonyl (C=O) groups excluding carboxylic acids is 1. The highest BCUT2D eigenvalue weighted by atomic mass is 16.5. The Labute approximate surface area is 124 Å². The van der Waals surface area contributed by atoms with Crippen LogP contribution in [-0.4, -0.2) is 44.3 Å². The number of nitrogens with zero attached hydrogens (tertiary/aromatic N) is 1. The Kier molecular flexibility index (Phi) is 4.01. The molecule has 0 aromatic heterocycles. The maximum absolute atomic E-state index is 12.4. The van der Waals surface area contributed by atoms with Crippen LogP contribution in [0.15, 0.2) is 12.1 Å².